The van der Waals surface area contributed by atoms with E-state index in [1.807, 2.05) is 5.10 Å². The van der Waals surface area contributed by atoms with Crippen LogP contribution in [0.5, 0.6) is 0 Å². The van der Waals surface area contributed by atoms with Crippen molar-refractivity contribution in [1.82, 2.24) is 10.2 Å². The Morgan fingerprint density at radius 3 is 2.67 bits per heavy atom. The fraction of sp³-hybridized carbons (Fsp3) is 0.500. The predicted octanol–water partition coefficient (Wildman–Crippen LogP) is 2.35. The average molecular weight is 239 g/mol. The van der Waals surface area contributed by atoms with Crippen molar-refractivity contribution in [2.24, 2.45) is 0 Å². The SMILES string of the molecule is CCOC(=O)c1n[nH]c(C(C)(F)F)c1Cl. The number of nitrogens with zero attached hydrogens (tertiary/aromatic N) is 1. The summed E-state index contributed by atoms with van der Waals surface area (Å²) in [5.41, 5.74) is -0.915. The summed E-state index contributed by atoms with van der Waals surface area (Å²) in [7, 11) is 0. The van der Waals surface area contributed by atoms with Crippen LogP contribution < -0.4 is 0 Å². The number of esters is 1. The molecule has 1 N–H and O–H groups in total. The first-order chi connectivity index (χ1) is 6.88. The molecule has 0 aliphatic carbocycles. The Labute approximate surface area is 89.6 Å². The topological polar surface area (TPSA) is 55.0 Å². The summed E-state index contributed by atoms with van der Waals surface area (Å²) in [6, 6.07) is 0. The lowest BCUT2D eigenvalue weighted by molar-refractivity contribution is 0.0128. The van der Waals surface area contributed by atoms with Crippen LogP contribution in [0.4, 0.5) is 8.78 Å². The van der Waals surface area contributed by atoms with Crippen LogP contribution in [0.2, 0.25) is 5.02 Å². The van der Waals surface area contributed by atoms with E-state index >= 15 is 0 Å². The van der Waals surface area contributed by atoms with Gasteiger partial charge >= 0.3 is 5.97 Å². The Balaban J connectivity index is 3.04. The summed E-state index contributed by atoms with van der Waals surface area (Å²) in [4.78, 5) is 11.2. The third kappa shape index (κ3) is 2.44. The molecule has 84 valence electrons. The average Bonchev–Trinajstić information content (AvgIpc) is 2.46. The maximum atomic E-state index is 12.9. The van der Waals surface area contributed by atoms with Gasteiger partial charge < -0.3 is 4.74 Å². The molecular weight excluding hydrogens is 230 g/mol. The third-order valence-electron chi connectivity index (χ3n) is 1.61. The monoisotopic (exact) mass is 238 g/mol. The summed E-state index contributed by atoms with van der Waals surface area (Å²) in [5, 5.41) is 5.01. The van der Waals surface area contributed by atoms with Gasteiger partial charge in [0.15, 0.2) is 5.69 Å². The minimum Gasteiger partial charge on any atom is -0.461 e. The molecule has 7 heteroatoms. The lowest BCUT2D eigenvalue weighted by Gasteiger charge is -2.06. The van der Waals surface area contributed by atoms with Crippen LogP contribution in [-0.2, 0) is 10.7 Å². The lowest BCUT2D eigenvalue weighted by atomic mass is 10.2. The van der Waals surface area contributed by atoms with E-state index in [2.05, 4.69) is 9.84 Å². The fourth-order valence-corrected chi connectivity index (χ4v) is 1.28. The zero-order valence-corrected chi connectivity index (χ0v) is 8.86. The van der Waals surface area contributed by atoms with Gasteiger partial charge in [-0.15, -0.1) is 0 Å². The number of nitrogens with one attached hydrogen (secondary N) is 1. The van der Waals surface area contributed by atoms with Gasteiger partial charge in [0.1, 0.15) is 10.7 Å². The first-order valence-electron chi connectivity index (χ1n) is 4.17. The number of aromatic nitrogens is 2. The van der Waals surface area contributed by atoms with Crippen molar-refractivity contribution in [2.75, 3.05) is 6.61 Å². The molecule has 0 amide bonds. The molecule has 0 atom stereocenters. The summed E-state index contributed by atoms with van der Waals surface area (Å²) in [5.74, 6) is -4.00. The highest BCUT2D eigenvalue weighted by atomic mass is 35.5. The van der Waals surface area contributed by atoms with Crippen molar-refractivity contribution in [1.29, 1.82) is 0 Å². The van der Waals surface area contributed by atoms with Gasteiger partial charge in [0.2, 0.25) is 0 Å². The molecule has 4 nitrogen and oxygen atoms in total. The van der Waals surface area contributed by atoms with E-state index in [4.69, 9.17) is 11.6 Å². The molecule has 0 radical (unpaired) electrons. The second-order valence-electron chi connectivity index (χ2n) is 2.87. The number of hydrogen-bond acceptors (Lipinski definition) is 3. The molecule has 0 spiro atoms. The van der Waals surface area contributed by atoms with Crippen molar-refractivity contribution >= 4 is 17.6 Å². The maximum absolute atomic E-state index is 12.9. The lowest BCUT2D eigenvalue weighted by Crippen LogP contribution is -2.09. The molecule has 0 aromatic carbocycles. The van der Waals surface area contributed by atoms with Crippen LogP contribution in [0, 0.1) is 0 Å². The molecular formula is C8H9ClF2N2O2. The molecule has 0 saturated carbocycles. The second kappa shape index (κ2) is 4.14. The Morgan fingerprint density at radius 1 is 1.67 bits per heavy atom. The molecule has 0 fully saturated rings. The second-order valence-corrected chi connectivity index (χ2v) is 3.25. The number of hydrogen-bond donors (Lipinski definition) is 1. The highest BCUT2D eigenvalue weighted by Crippen LogP contribution is 2.32. The van der Waals surface area contributed by atoms with E-state index in [0.29, 0.717) is 6.92 Å². The molecule has 0 bridgehead atoms. The number of halogens is 3. The van der Waals surface area contributed by atoms with Gasteiger partial charge in [0, 0.05) is 6.92 Å². The fourth-order valence-electron chi connectivity index (χ4n) is 0.954. The van der Waals surface area contributed by atoms with E-state index < -0.39 is 22.6 Å². The van der Waals surface area contributed by atoms with E-state index in [-0.39, 0.29) is 12.3 Å². The number of carbonyl (C=O) groups is 1. The van der Waals surface area contributed by atoms with Crippen LogP contribution in [0.3, 0.4) is 0 Å². The molecule has 0 aliphatic rings. The Kier molecular flexibility index (Phi) is 3.28. The van der Waals surface area contributed by atoms with Gasteiger partial charge in [-0.25, -0.2) is 4.79 Å². The van der Waals surface area contributed by atoms with Crippen molar-refractivity contribution in [3.05, 3.63) is 16.4 Å². The molecule has 1 aromatic heterocycles. The quantitative estimate of drug-likeness (QED) is 0.823. The molecule has 1 aromatic rings. The molecule has 1 heterocycles. The van der Waals surface area contributed by atoms with E-state index in [0.717, 1.165) is 0 Å². The largest absolute Gasteiger partial charge is 0.461 e. The Bertz CT molecular complexity index is 373. The van der Waals surface area contributed by atoms with Crippen molar-refractivity contribution in [2.45, 2.75) is 19.8 Å². The molecule has 0 saturated heterocycles. The number of aromatic amines is 1. The van der Waals surface area contributed by atoms with Crippen LogP contribution in [0.1, 0.15) is 30.0 Å². The van der Waals surface area contributed by atoms with Crippen molar-refractivity contribution in [3.63, 3.8) is 0 Å². The third-order valence-corrected chi connectivity index (χ3v) is 1.98. The van der Waals surface area contributed by atoms with Crippen LogP contribution in [0.15, 0.2) is 0 Å². The molecule has 15 heavy (non-hydrogen) atoms. The summed E-state index contributed by atoms with van der Waals surface area (Å²) < 4.78 is 30.3. The van der Waals surface area contributed by atoms with Gasteiger partial charge in [-0.05, 0) is 6.92 Å². The van der Waals surface area contributed by atoms with Crippen LogP contribution >= 0.6 is 11.6 Å². The standard InChI is InChI=1S/C8H9ClF2N2O2/c1-3-15-7(14)5-4(9)6(13-12-5)8(2,10)11/h3H2,1-2H3,(H,12,13). The van der Waals surface area contributed by atoms with Gasteiger partial charge in [0.05, 0.1) is 6.61 Å². The van der Waals surface area contributed by atoms with E-state index in [1.165, 1.54) is 0 Å². The van der Waals surface area contributed by atoms with Crippen molar-refractivity contribution < 1.29 is 18.3 Å². The smallest absolute Gasteiger partial charge is 0.360 e. The Hall–Kier alpha value is -1.17. The number of rotatable bonds is 3. The predicted molar refractivity (Wildman–Crippen MR) is 49.1 cm³/mol. The molecule has 0 aliphatic heterocycles. The summed E-state index contributed by atoms with van der Waals surface area (Å²) in [6.07, 6.45) is 0. The number of carbonyl (C=O) groups excluding carboxylic acids is 1. The molecule has 1 rings (SSSR count). The highest BCUT2D eigenvalue weighted by Gasteiger charge is 2.33. The van der Waals surface area contributed by atoms with Gasteiger partial charge in [-0.3, -0.25) is 5.10 Å². The molecule has 0 unspecified atom stereocenters. The number of H-pyrrole nitrogens is 1. The summed E-state index contributed by atoms with van der Waals surface area (Å²) >= 11 is 5.57. The summed E-state index contributed by atoms with van der Waals surface area (Å²) in [6.45, 7) is 2.37. The first-order valence-corrected chi connectivity index (χ1v) is 4.55. The van der Waals surface area contributed by atoms with E-state index in [9.17, 15) is 13.6 Å². The van der Waals surface area contributed by atoms with Crippen LogP contribution in [0.25, 0.3) is 0 Å². The normalized spacial score (nSPS) is 11.5. The first kappa shape index (κ1) is 11.9. The maximum Gasteiger partial charge on any atom is 0.360 e. The van der Waals surface area contributed by atoms with E-state index in [1.54, 1.807) is 6.92 Å². The number of alkyl halides is 2. The van der Waals surface area contributed by atoms with Gasteiger partial charge in [-0.2, -0.15) is 13.9 Å². The van der Waals surface area contributed by atoms with Gasteiger partial charge in [0.25, 0.3) is 5.92 Å². The van der Waals surface area contributed by atoms with Crippen molar-refractivity contribution in [3.8, 4) is 0 Å². The zero-order valence-electron chi connectivity index (χ0n) is 8.10. The number of ether oxygens (including phenoxy) is 1. The minimum atomic E-state index is -3.17. The minimum absolute atomic E-state index is 0.125. The van der Waals surface area contributed by atoms with Crippen LogP contribution in [-0.4, -0.2) is 22.8 Å². The van der Waals surface area contributed by atoms with Gasteiger partial charge in [-0.1, -0.05) is 11.6 Å². The highest BCUT2D eigenvalue weighted by molar-refractivity contribution is 6.34. The zero-order chi connectivity index (χ0) is 11.6. The Morgan fingerprint density at radius 2 is 2.27 bits per heavy atom.